The zero-order valence-corrected chi connectivity index (χ0v) is 30.9. The van der Waals surface area contributed by atoms with E-state index in [1.54, 1.807) is 11.3 Å². The predicted molar refractivity (Wildman–Crippen MR) is 230 cm³/mol. The molecule has 8 heteroatoms. The van der Waals surface area contributed by atoms with Gasteiger partial charge >= 0.3 is 0 Å². The van der Waals surface area contributed by atoms with Gasteiger partial charge in [-0.3, -0.25) is 0 Å². The molecule has 0 bridgehead atoms. The van der Waals surface area contributed by atoms with E-state index in [1.807, 2.05) is 109 Å². The minimum absolute atomic E-state index is 0.542. The smallest absolute Gasteiger partial charge is 0.180 e. The summed E-state index contributed by atoms with van der Waals surface area (Å²) in [5.41, 5.74) is 8.75. The van der Waals surface area contributed by atoms with E-state index < -0.39 is 0 Å². The van der Waals surface area contributed by atoms with Crippen molar-refractivity contribution < 1.29 is 8.83 Å². The van der Waals surface area contributed by atoms with Gasteiger partial charge < -0.3 is 8.83 Å². The summed E-state index contributed by atoms with van der Waals surface area (Å²) in [6, 6.07) is 55.1. The normalized spacial score (nSPS) is 11.9. The highest BCUT2D eigenvalue weighted by Gasteiger charge is 2.24. The molecule has 12 aromatic rings. The van der Waals surface area contributed by atoms with Crippen molar-refractivity contribution in [3.8, 4) is 56.8 Å². The summed E-state index contributed by atoms with van der Waals surface area (Å²) in [7, 11) is 0. The number of rotatable bonds is 5. The molecule has 57 heavy (non-hydrogen) atoms. The standard InChI is InChI=1S/C49H27N5O2S/c1-3-14-28(15-4-1)43-45-44(30-18-7-9-23-35(30)56-45)51-47(50-43)33-20-11-24-36-41(33)42-34(21-12-25-37(42)55-36)49-53-46(29-16-5-2-6-17-29)52-48(54-49)32-22-13-27-39-40(32)31-19-8-10-26-38(31)57-39/h1-27H. The molecule has 0 aliphatic heterocycles. The van der Waals surface area contributed by atoms with Crippen molar-refractivity contribution in [2.45, 2.75) is 0 Å². The van der Waals surface area contributed by atoms with Crippen molar-refractivity contribution in [1.29, 1.82) is 0 Å². The summed E-state index contributed by atoms with van der Waals surface area (Å²) in [6.45, 7) is 0. The molecule has 0 saturated carbocycles. The zero-order valence-electron chi connectivity index (χ0n) is 30.0. The van der Waals surface area contributed by atoms with Crippen LogP contribution < -0.4 is 0 Å². The number of hydrogen-bond donors (Lipinski definition) is 0. The van der Waals surface area contributed by atoms with E-state index in [0.29, 0.717) is 40.0 Å². The van der Waals surface area contributed by atoms with Gasteiger partial charge in [0.15, 0.2) is 28.9 Å². The number of fused-ring (bicyclic) bond motifs is 9. The Bertz CT molecular complexity index is 3540. The lowest BCUT2D eigenvalue weighted by Crippen LogP contribution is -2.00. The summed E-state index contributed by atoms with van der Waals surface area (Å²) >= 11 is 1.78. The largest absolute Gasteiger partial charge is 0.456 e. The summed E-state index contributed by atoms with van der Waals surface area (Å²) in [5, 5.41) is 5.00. The second-order valence-corrected chi connectivity index (χ2v) is 15.0. The molecule has 266 valence electrons. The number of hydrogen-bond acceptors (Lipinski definition) is 8. The van der Waals surface area contributed by atoms with Crippen LogP contribution in [0.2, 0.25) is 0 Å². The molecular formula is C49H27N5O2S. The molecule has 0 saturated heterocycles. The minimum atomic E-state index is 0.542. The molecule has 0 spiro atoms. The van der Waals surface area contributed by atoms with Crippen molar-refractivity contribution in [1.82, 2.24) is 24.9 Å². The number of nitrogens with zero attached hydrogens (tertiary/aromatic N) is 5. The van der Waals surface area contributed by atoms with Crippen LogP contribution in [-0.2, 0) is 0 Å². The number of para-hydroxylation sites is 1. The van der Waals surface area contributed by atoms with Gasteiger partial charge in [-0.1, -0.05) is 127 Å². The van der Waals surface area contributed by atoms with Crippen molar-refractivity contribution in [2.24, 2.45) is 0 Å². The van der Waals surface area contributed by atoms with Gasteiger partial charge in [-0.05, 0) is 36.4 Å². The Hall–Kier alpha value is -7.55. The first-order valence-corrected chi connectivity index (χ1v) is 19.5. The molecule has 0 aliphatic rings. The van der Waals surface area contributed by atoms with E-state index in [2.05, 4.69) is 54.6 Å². The average molecular weight is 750 g/mol. The number of furan rings is 2. The van der Waals surface area contributed by atoms with E-state index in [-0.39, 0.29) is 0 Å². The maximum Gasteiger partial charge on any atom is 0.180 e. The second kappa shape index (κ2) is 12.5. The van der Waals surface area contributed by atoms with E-state index in [0.717, 1.165) is 66.2 Å². The van der Waals surface area contributed by atoms with Crippen LogP contribution in [0.25, 0.3) is 121 Å². The SMILES string of the molecule is c1ccc(-c2nc(-c3cccc4sc5ccccc5c34)nc(-c3cccc4oc5cccc(-c6nc(-c7ccccc7)c7oc8ccccc8c7n6)c5c34)n2)cc1. The van der Waals surface area contributed by atoms with Gasteiger partial charge in [0.1, 0.15) is 28.0 Å². The molecule has 0 unspecified atom stereocenters. The molecule has 12 rings (SSSR count). The summed E-state index contributed by atoms with van der Waals surface area (Å²) in [5.74, 6) is 2.30. The van der Waals surface area contributed by atoms with Gasteiger partial charge in [-0.15, -0.1) is 11.3 Å². The fourth-order valence-electron chi connectivity index (χ4n) is 8.04. The van der Waals surface area contributed by atoms with Crippen LogP contribution in [0.5, 0.6) is 0 Å². The summed E-state index contributed by atoms with van der Waals surface area (Å²) < 4.78 is 15.4. The minimum Gasteiger partial charge on any atom is -0.456 e. The monoisotopic (exact) mass is 749 g/mol. The third kappa shape index (κ3) is 5.01. The lowest BCUT2D eigenvalue weighted by atomic mass is 10.0. The van der Waals surface area contributed by atoms with Crippen molar-refractivity contribution in [2.75, 3.05) is 0 Å². The first-order valence-electron chi connectivity index (χ1n) is 18.7. The predicted octanol–water partition coefficient (Wildman–Crippen LogP) is 13.2. The number of thiophene rings is 1. The van der Waals surface area contributed by atoms with Crippen molar-refractivity contribution >= 4 is 75.5 Å². The van der Waals surface area contributed by atoms with Crippen LogP contribution in [0.15, 0.2) is 173 Å². The van der Waals surface area contributed by atoms with E-state index in [4.69, 9.17) is 33.8 Å². The number of aromatic nitrogens is 5. The van der Waals surface area contributed by atoms with E-state index in [9.17, 15) is 0 Å². The molecule has 0 radical (unpaired) electrons. The van der Waals surface area contributed by atoms with Crippen LogP contribution in [0, 0.1) is 0 Å². The second-order valence-electron chi connectivity index (χ2n) is 13.9. The third-order valence-corrected chi connectivity index (χ3v) is 11.7. The van der Waals surface area contributed by atoms with Gasteiger partial charge in [0.25, 0.3) is 0 Å². The van der Waals surface area contributed by atoms with Gasteiger partial charge in [0, 0.05) is 64.1 Å². The Morgan fingerprint density at radius 2 is 0.877 bits per heavy atom. The quantitative estimate of drug-likeness (QED) is 0.173. The maximum absolute atomic E-state index is 6.62. The molecular weight excluding hydrogens is 723 g/mol. The molecule has 0 atom stereocenters. The van der Waals surface area contributed by atoms with E-state index >= 15 is 0 Å². The molecule has 0 aliphatic carbocycles. The fraction of sp³-hybridized carbons (Fsp3) is 0. The number of benzene rings is 7. The highest BCUT2D eigenvalue weighted by Crippen LogP contribution is 2.44. The van der Waals surface area contributed by atoms with Gasteiger partial charge in [-0.25, -0.2) is 24.9 Å². The lowest BCUT2D eigenvalue weighted by molar-refractivity contribution is 0.667. The fourth-order valence-corrected chi connectivity index (χ4v) is 9.17. The Morgan fingerprint density at radius 1 is 0.351 bits per heavy atom. The van der Waals surface area contributed by atoms with Gasteiger partial charge in [0.2, 0.25) is 0 Å². The highest BCUT2D eigenvalue weighted by molar-refractivity contribution is 7.25. The Morgan fingerprint density at radius 3 is 1.60 bits per heavy atom. The molecule has 0 N–H and O–H groups in total. The van der Waals surface area contributed by atoms with Crippen LogP contribution in [-0.4, -0.2) is 24.9 Å². The Balaban J connectivity index is 1.14. The zero-order chi connectivity index (χ0) is 37.5. The first kappa shape index (κ1) is 31.8. The molecule has 7 nitrogen and oxygen atoms in total. The molecule has 0 amide bonds. The highest BCUT2D eigenvalue weighted by atomic mass is 32.1. The van der Waals surface area contributed by atoms with Crippen LogP contribution in [0.4, 0.5) is 0 Å². The molecule has 0 fully saturated rings. The van der Waals surface area contributed by atoms with Crippen LogP contribution >= 0.6 is 11.3 Å². The van der Waals surface area contributed by atoms with Crippen LogP contribution in [0.3, 0.4) is 0 Å². The van der Waals surface area contributed by atoms with Gasteiger partial charge in [-0.2, -0.15) is 0 Å². The summed E-state index contributed by atoms with van der Waals surface area (Å²) in [6.07, 6.45) is 0. The maximum atomic E-state index is 6.62. The summed E-state index contributed by atoms with van der Waals surface area (Å²) in [4.78, 5) is 26.1. The average Bonchev–Trinajstić information content (AvgIpc) is 3.98. The molecule has 5 heterocycles. The van der Waals surface area contributed by atoms with Crippen molar-refractivity contribution in [3.05, 3.63) is 164 Å². The topological polar surface area (TPSA) is 90.7 Å². The molecule has 7 aromatic carbocycles. The third-order valence-electron chi connectivity index (χ3n) is 10.6. The first-order chi connectivity index (χ1) is 28.2. The lowest BCUT2D eigenvalue weighted by Gasteiger charge is -2.11. The van der Waals surface area contributed by atoms with Crippen molar-refractivity contribution in [3.63, 3.8) is 0 Å². The van der Waals surface area contributed by atoms with Gasteiger partial charge in [0.05, 0.1) is 0 Å². The van der Waals surface area contributed by atoms with E-state index in [1.165, 1.54) is 14.8 Å². The van der Waals surface area contributed by atoms with Crippen LogP contribution in [0.1, 0.15) is 0 Å². The molecule has 5 aromatic heterocycles. The Labute approximate surface area is 328 Å². The Kier molecular flexibility index (Phi) is 6.96.